The van der Waals surface area contributed by atoms with E-state index in [9.17, 15) is 4.39 Å². The standard InChI is InChI=1S/C13H18FNO/c1-10-3-4-12(14)11(9-10)13(15)5-2-7-16-8-6-13/h3-4,9H,2,5-8,15H2,1H3. The highest BCUT2D eigenvalue weighted by atomic mass is 19.1. The van der Waals surface area contributed by atoms with Crippen LogP contribution in [0.1, 0.15) is 30.4 Å². The van der Waals surface area contributed by atoms with Crippen molar-refractivity contribution in [3.05, 3.63) is 35.1 Å². The van der Waals surface area contributed by atoms with Crippen LogP contribution in [-0.2, 0) is 10.3 Å². The fourth-order valence-corrected chi connectivity index (χ4v) is 2.26. The van der Waals surface area contributed by atoms with Gasteiger partial charge in [0.05, 0.1) is 0 Å². The zero-order valence-corrected chi connectivity index (χ0v) is 9.63. The maximum absolute atomic E-state index is 13.8. The van der Waals surface area contributed by atoms with Crippen molar-refractivity contribution in [3.63, 3.8) is 0 Å². The zero-order chi connectivity index (χ0) is 11.6. The molecule has 1 unspecified atom stereocenters. The Labute approximate surface area is 95.6 Å². The molecule has 1 saturated heterocycles. The summed E-state index contributed by atoms with van der Waals surface area (Å²) in [5.41, 5.74) is 7.45. The van der Waals surface area contributed by atoms with Crippen molar-refractivity contribution in [2.24, 2.45) is 5.73 Å². The quantitative estimate of drug-likeness (QED) is 0.794. The average molecular weight is 223 g/mol. The maximum Gasteiger partial charge on any atom is 0.128 e. The molecule has 0 spiro atoms. The number of hydrogen-bond donors (Lipinski definition) is 1. The fraction of sp³-hybridized carbons (Fsp3) is 0.538. The summed E-state index contributed by atoms with van der Waals surface area (Å²) in [4.78, 5) is 0. The highest BCUT2D eigenvalue weighted by Gasteiger charge is 2.31. The van der Waals surface area contributed by atoms with Crippen LogP contribution >= 0.6 is 0 Å². The monoisotopic (exact) mass is 223 g/mol. The third-order valence-electron chi connectivity index (χ3n) is 3.26. The minimum Gasteiger partial charge on any atom is -0.381 e. The van der Waals surface area contributed by atoms with E-state index in [4.69, 9.17) is 10.5 Å². The van der Waals surface area contributed by atoms with Gasteiger partial charge in [-0.25, -0.2) is 4.39 Å². The molecule has 2 nitrogen and oxygen atoms in total. The highest BCUT2D eigenvalue weighted by molar-refractivity contribution is 5.30. The molecule has 0 amide bonds. The van der Waals surface area contributed by atoms with Crippen LogP contribution in [0.25, 0.3) is 0 Å². The number of ether oxygens (including phenoxy) is 1. The number of benzene rings is 1. The number of halogens is 1. The van der Waals surface area contributed by atoms with Crippen molar-refractivity contribution in [1.82, 2.24) is 0 Å². The van der Waals surface area contributed by atoms with Gasteiger partial charge < -0.3 is 10.5 Å². The van der Waals surface area contributed by atoms with Crippen LogP contribution in [-0.4, -0.2) is 13.2 Å². The van der Waals surface area contributed by atoms with Gasteiger partial charge in [-0.15, -0.1) is 0 Å². The van der Waals surface area contributed by atoms with Gasteiger partial charge in [0, 0.05) is 24.3 Å². The van der Waals surface area contributed by atoms with Crippen LogP contribution in [0, 0.1) is 12.7 Å². The molecule has 1 atom stereocenters. The molecular formula is C13H18FNO. The Kier molecular flexibility index (Phi) is 3.26. The van der Waals surface area contributed by atoms with Crippen molar-refractivity contribution < 1.29 is 9.13 Å². The molecule has 2 N–H and O–H groups in total. The van der Waals surface area contributed by atoms with Crippen molar-refractivity contribution in [2.75, 3.05) is 13.2 Å². The molecule has 0 bridgehead atoms. The van der Waals surface area contributed by atoms with Crippen LogP contribution in [0.15, 0.2) is 18.2 Å². The van der Waals surface area contributed by atoms with Crippen LogP contribution in [0.4, 0.5) is 4.39 Å². The Morgan fingerprint density at radius 3 is 2.94 bits per heavy atom. The molecule has 1 aliphatic heterocycles. The van der Waals surface area contributed by atoms with Crippen molar-refractivity contribution in [1.29, 1.82) is 0 Å². The molecule has 1 heterocycles. The summed E-state index contributed by atoms with van der Waals surface area (Å²) in [6.07, 6.45) is 2.37. The Morgan fingerprint density at radius 2 is 2.12 bits per heavy atom. The Hall–Kier alpha value is -0.930. The molecule has 16 heavy (non-hydrogen) atoms. The Morgan fingerprint density at radius 1 is 1.31 bits per heavy atom. The minimum atomic E-state index is -0.563. The van der Waals surface area contributed by atoms with E-state index < -0.39 is 5.54 Å². The Bertz CT molecular complexity index is 370. The topological polar surface area (TPSA) is 35.2 Å². The van der Waals surface area contributed by atoms with E-state index >= 15 is 0 Å². The molecule has 0 radical (unpaired) electrons. The lowest BCUT2D eigenvalue weighted by Crippen LogP contribution is -2.37. The van der Waals surface area contributed by atoms with Gasteiger partial charge in [0.15, 0.2) is 0 Å². The van der Waals surface area contributed by atoms with Crippen molar-refractivity contribution >= 4 is 0 Å². The molecule has 88 valence electrons. The number of rotatable bonds is 1. The second-order valence-electron chi connectivity index (χ2n) is 4.61. The smallest absolute Gasteiger partial charge is 0.128 e. The van der Waals surface area contributed by atoms with E-state index in [-0.39, 0.29) is 5.82 Å². The molecular weight excluding hydrogens is 205 g/mol. The lowest BCUT2D eigenvalue weighted by molar-refractivity contribution is 0.139. The molecule has 1 aliphatic rings. The van der Waals surface area contributed by atoms with E-state index in [0.29, 0.717) is 18.6 Å². The first-order chi connectivity index (χ1) is 7.62. The van der Waals surface area contributed by atoms with E-state index in [1.807, 2.05) is 13.0 Å². The van der Waals surface area contributed by atoms with E-state index in [0.717, 1.165) is 25.0 Å². The molecule has 3 heteroatoms. The van der Waals surface area contributed by atoms with E-state index in [1.54, 1.807) is 6.07 Å². The number of nitrogens with two attached hydrogens (primary N) is 1. The SMILES string of the molecule is Cc1ccc(F)c(C2(N)CCCOCC2)c1. The zero-order valence-electron chi connectivity index (χ0n) is 9.63. The molecule has 0 aliphatic carbocycles. The molecule has 0 aromatic heterocycles. The largest absolute Gasteiger partial charge is 0.381 e. The molecule has 0 saturated carbocycles. The first kappa shape index (κ1) is 11.6. The van der Waals surface area contributed by atoms with Gasteiger partial charge in [0.25, 0.3) is 0 Å². The summed E-state index contributed by atoms with van der Waals surface area (Å²) in [5, 5.41) is 0. The fourth-order valence-electron chi connectivity index (χ4n) is 2.26. The Balaban J connectivity index is 2.36. The third kappa shape index (κ3) is 2.25. The van der Waals surface area contributed by atoms with Gasteiger partial charge in [-0.3, -0.25) is 0 Å². The molecule has 1 fully saturated rings. The van der Waals surface area contributed by atoms with Crippen molar-refractivity contribution in [3.8, 4) is 0 Å². The molecule has 1 aromatic rings. The van der Waals surface area contributed by atoms with Crippen LogP contribution in [0.3, 0.4) is 0 Å². The van der Waals surface area contributed by atoms with Crippen LogP contribution in [0.5, 0.6) is 0 Å². The minimum absolute atomic E-state index is 0.199. The summed E-state index contributed by atoms with van der Waals surface area (Å²) in [6.45, 7) is 3.30. The summed E-state index contributed by atoms with van der Waals surface area (Å²) >= 11 is 0. The van der Waals surface area contributed by atoms with Gasteiger partial charge >= 0.3 is 0 Å². The first-order valence-electron chi connectivity index (χ1n) is 5.75. The van der Waals surface area contributed by atoms with Crippen LogP contribution in [0.2, 0.25) is 0 Å². The van der Waals surface area contributed by atoms with Gasteiger partial charge in [-0.05, 0) is 32.3 Å². The molecule has 2 rings (SSSR count). The van der Waals surface area contributed by atoms with Gasteiger partial charge in [0.1, 0.15) is 5.82 Å². The highest BCUT2D eigenvalue weighted by Crippen LogP contribution is 2.31. The third-order valence-corrected chi connectivity index (χ3v) is 3.26. The lowest BCUT2D eigenvalue weighted by atomic mass is 9.83. The first-order valence-corrected chi connectivity index (χ1v) is 5.75. The summed E-state index contributed by atoms with van der Waals surface area (Å²) in [7, 11) is 0. The predicted octanol–water partition coefficient (Wildman–Crippen LogP) is 2.49. The van der Waals surface area contributed by atoms with Crippen molar-refractivity contribution in [2.45, 2.75) is 31.7 Å². The van der Waals surface area contributed by atoms with Gasteiger partial charge in [-0.1, -0.05) is 17.7 Å². The second kappa shape index (κ2) is 4.52. The lowest BCUT2D eigenvalue weighted by Gasteiger charge is -2.28. The summed E-state index contributed by atoms with van der Waals surface area (Å²) in [5.74, 6) is -0.199. The number of hydrogen-bond acceptors (Lipinski definition) is 2. The number of aryl methyl sites for hydroxylation is 1. The summed E-state index contributed by atoms with van der Waals surface area (Å²) < 4.78 is 19.2. The molecule has 1 aromatic carbocycles. The van der Waals surface area contributed by atoms with Gasteiger partial charge in [0.2, 0.25) is 0 Å². The van der Waals surface area contributed by atoms with E-state index in [1.165, 1.54) is 6.07 Å². The summed E-state index contributed by atoms with van der Waals surface area (Å²) in [6, 6.07) is 5.14. The van der Waals surface area contributed by atoms with Gasteiger partial charge in [-0.2, -0.15) is 0 Å². The average Bonchev–Trinajstić information content (AvgIpc) is 2.48. The van der Waals surface area contributed by atoms with Crippen LogP contribution < -0.4 is 5.73 Å². The van der Waals surface area contributed by atoms with E-state index in [2.05, 4.69) is 0 Å². The normalized spacial score (nSPS) is 26.4. The second-order valence-corrected chi connectivity index (χ2v) is 4.61. The predicted molar refractivity (Wildman–Crippen MR) is 61.7 cm³/mol. The maximum atomic E-state index is 13.8.